The van der Waals surface area contributed by atoms with Crippen molar-refractivity contribution in [3.8, 4) is 11.8 Å². The quantitative estimate of drug-likeness (QED) is 0.857. The predicted octanol–water partition coefficient (Wildman–Crippen LogP) is 3.81. The van der Waals surface area contributed by atoms with Gasteiger partial charge in [-0.25, -0.2) is 4.39 Å². The number of nitriles is 1. The number of hydrogen-bond acceptors (Lipinski definition) is 3. The van der Waals surface area contributed by atoms with Crippen LogP contribution in [0.5, 0.6) is 5.75 Å². The maximum atomic E-state index is 12.9. The molecule has 2 rings (SSSR count). The van der Waals surface area contributed by atoms with E-state index in [4.69, 9.17) is 10.00 Å². The van der Waals surface area contributed by atoms with E-state index in [0.29, 0.717) is 5.70 Å². The van der Waals surface area contributed by atoms with Crippen LogP contribution in [0.2, 0.25) is 0 Å². The summed E-state index contributed by atoms with van der Waals surface area (Å²) < 4.78 is 18.0. The van der Waals surface area contributed by atoms with E-state index in [1.807, 2.05) is 30.3 Å². The number of nitrogens with one attached hydrogen (secondary N) is 1. The summed E-state index contributed by atoms with van der Waals surface area (Å²) in [5, 5.41) is 12.0. The fraction of sp³-hybridized carbons (Fsp3) is 0.0625. The van der Waals surface area contributed by atoms with Crippen LogP contribution in [0, 0.1) is 17.1 Å². The van der Waals surface area contributed by atoms with E-state index in [2.05, 4.69) is 5.32 Å². The molecule has 0 bridgehead atoms. The van der Waals surface area contributed by atoms with Gasteiger partial charge in [0, 0.05) is 11.8 Å². The highest BCUT2D eigenvalue weighted by Crippen LogP contribution is 2.21. The molecule has 20 heavy (non-hydrogen) atoms. The monoisotopic (exact) mass is 268 g/mol. The summed E-state index contributed by atoms with van der Waals surface area (Å²) in [6.45, 7) is 0. The minimum Gasteiger partial charge on any atom is -0.497 e. The van der Waals surface area contributed by atoms with Gasteiger partial charge >= 0.3 is 0 Å². The average Bonchev–Trinajstić information content (AvgIpc) is 2.48. The lowest BCUT2D eigenvalue weighted by Gasteiger charge is -2.11. The van der Waals surface area contributed by atoms with Gasteiger partial charge < -0.3 is 10.1 Å². The molecule has 0 aliphatic carbocycles. The average molecular weight is 268 g/mol. The van der Waals surface area contributed by atoms with Gasteiger partial charge in [-0.3, -0.25) is 0 Å². The van der Waals surface area contributed by atoms with Crippen molar-refractivity contribution < 1.29 is 9.13 Å². The Morgan fingerprint density at radius 3 is 2.35 bits per heavy atom. The second-order valence-electron chi connectivity index (χ2n) is 4.05. The largest absolute Gasteiger partial charge is 0.497 e. The molecule has 0 radical (unpaired) electrons. The Morgan fingerprint density at radius 1 is 1.15 bits per heavy atom. The molecule has 0 saturated carbocycles. The van der Waals surface area contributed by atoms with Crippen molar-refractivity contribution in [1.29, 1.82) is 5.26 Å². The molecule has 2 aromatic rings. The van der Waals surface area contributed by atoms with Crippen molar-refractivity contribution in [1.82, 2.24) is 0 Å². The molecule has 2 aromatic carbocycles. The maximum Gasteiger partial charge on any atom is 0.123 e. The summed E-state index contributed by atoms with van der Waals surface area (Å²) in [4.78, 5) is 0. The molecule has 0 spiro atoms. The van der Waals surface area contributed by atoms with Gasteiger partial charge in [0.1, 0.15) is 11.6 Å². The molecule has 0 fully saturated rings. The highest BCUT2D eigenvalue weighted by Gasteiger charge is 2.03. The van der Waals surface area contributed by atoms with Gasteiger partial charge in [0.05, 0.1) is 18.9 Å². The third-order valence-electron chi connectivity index (χ3n) is 2.73. The lowest BCUT2D eigenvalue weighted by molar-refractivity contribution is 0.415. The number of rotatable bonds is 4. The van der Waals surface area contributed by atoms with Gasteiger partial charge in [0.15, 0.2) is 0 Å². The molecule has 3 nitrogen and oxygen atoms in total. The first kappa shape index (κ1) is 13.6. The molecule has 0 amide bonds. The molecule has 0 unspecified atom stereocenters. The van der Waals surface area contributed by atoms with Gasteiger partial charge in [-0.2, -0.15) is 5.26 Å². The van der Waals surface area contributed by atoms with Crippen LogP contribution in [0.4, 0.5) is 10.1 Å². The van der Waals surface area contributed by atoms with Crippen LogP contribution in [0.15, 0.2) is 54.6 Å². The highest BCUT2D eigenvalue weighted by atomic mass is 19.1. The number of hydrogen-bond donors (Lipinski definition) is 1. The molecule has 0 aliphatic rings. The lowest BCUT2D eigenvalue weighted by Crippen LogP contribution is -1.99. The molecule has 4 heteroatoms. The van der Waals surface area contributed by atoms with Crippen LogP contribution < -0.4 is 10.1 Å². The second kappa shape index (κ2) is 6.39. The molecule has 0 heterocycles. The van der Waals surface area contributed by atoms with Gasteiger partial charge in [-0.15, -0.1) is 0 Å². The molecular weight excluding hydrogens is 255 g/mol. The Hall–Kier alpha value is -2.80. The standard InChI is InChI=1S/C16H13FN2O/c1-20-15-8-6-14(7-9-15)19-16(10-11-18)12-2-4-13(17)5-3-12/h2-10,19H,1H3/b16-10+. The number of allylic oxidation sites excluding steroid dienone is 1. The van der Waals surface area contributed by atoms with Crippen molar-refractivity contribution in [3.05, 3.63) is 66.0 Å². The zero-order chi connectivity index (χ0) is 14.4. The van der Waals surface area contributed by atoms with E-state index in [0.717, 1.165) is 17.0 Å². The Kier molecular flexibility index (Phi) is 4.35. The SMILES string of the molecule is COc1ccc(N/C(=C/C#N)c2ccc(F)cc2)cc1. The van der Waals surface area contributed by atoms with Gasteiger partial charge in [0.25, 0.3) is 0 Å². The number of halogens is 1. The van der Waals surface area contributed by atoms with E-state index in [9.17, 15) is 4.39 Å². The summed E-state index contributed by atoms with van der Waals surface area (Å²) in [7, 11) is 1.60. The number of ether oxygens (including phenoxy) is 1. The minimum absolute atomic E-state index is 0.311. The number of methoxy groups -OCH3 is 1. The van der Waals surface area contributed by atoms with Crippen LogP contribution in [0.25, 0.3) is 5.70 Å². The van der Waals surface area contributed by atoms with Crippen molar-refractivity contribution in [2.45, 2.75) is 0 Å². The Balaban J connectivity index is 2.24. The van der Waals surface area contributed by atoms with E-state index in [1.165, 1.54) is 18.2 Å². The van der Waals surface area contributed by atoms with E-state index < -0.39 is 0 Å². The van der Waals surface area contributed by atoms with Crippen molar-refractivity contribution in [3.63, 3.8) is 0 Å². The van der Waals surface area contributed by atoms with Crippen LogP contribution in [-0.2, 0) is 0 Å². The third-order valence-corrected chi connectivity index (χ3v) is 2.73. The van der Waals surface area contributed by atoms with E-state index >= 15 is 0 Å². The molecule has 0 atom stereocenters. The summed E-state index contributed by atoms with van der Waals surface area (Å²) >= 11 is 0. The third kappa shape index (κ3) is 3.36. The first-order valence-corrected chi connectivity index (χ1v) is 6.00. The Labute approximate surface area is 116 Å². The van der Waals surface area contributed by atoms with E-state index in [-0.39, 0.29) is 5.82 Å². The summed E-state index contributed by atoms with van der Waals surface area (Å²) in [6, 6.07) is 15.3. The zero-order valence-corrected chi connectivity index (χ0v) is 10.9. The summed E-state index contributed by atoms with van der Waals surface area (Å²) in [5.74, 6) is 0.442. The lowest BCUT2D eigenvalue weighted by atomic mass is 10.1. The van der Waals surface area contributed by atoms with Gasteiger partial charge in [-0.05, 0) is 54.1 Å². The Bertz CT molecular complexity index is 640. The maximum absolute atomic E-state index is 12.9. The molecule has 1 N–H and O–H groups in total. The second-order valence-corrected chi connectivity index (χ2v) is 4.05. The molecular formula is C16H13FN2O. The van der Waals surface area contributed by atoms with Crippen molar-refractivity contribution in [2.75, 3.05) is 12.4 Å². The van der Waals surface area contributed by atoms with Gasteiger partial charge in [0.2, 0.25) is 0 Å². The highest BCUT2D eigenvalue weighted by molar-refractivity contribution is 5.78. The topological polar surface area (TPSA) is 45.0 Å². The first-order valence-electron chi connectivity index (χ1n) is 6.00. The van der Waals surface area contributed by atoms with Crippen molar-refractivity contribution >= 4 is 11.4 Å². The molecule has 0 aliphatic heterocycles. The summed E-state index contributed by atoms with van der Waals surface area (Å²) in [6.07, 6.45) is 1.39. The van der Waals surface area contributed by atoms with Crippen LogP contribution in [0.1, 0.15) is 5.56 Å². The predicted molar refractivity (Wildman–Crippen MR) is 76.6 cm³/mol. The number of nitrogens with zero attached hydrogens (tertiary/aromatic N) is 1. The van der Waals surface area contributed by atoms with Crippen LogP contribution in [0.3, 0.4) is 0 Å². The fourth-order valence-corrected chi connectivity index (χ4v) is 1.72. The number of anilines is 1. The van der Waals surface area contributed by atoms with Crippen molar-refractivity contribution in [2.24, 2.45) is 0 Å². The Morgan fingerprint density at radius 2 is 1.80 bits per heavy atom. The minimum atomic E-state index is -0.311. The van der Waals surface area contributed by atoms with Gasteiger partial charge in [-0.1, -0.05) is 0 Å². The van der Waals surface area contributed by atoms with Crippen LogP contribution in [-0.4, -0.2) is 7.11 Å². The summed E-state index contributed by atoms with van der Waals surface area (Å²) in [5.41, 5.74) is 2.16. The molecule has 0 saturated heterocycles. The zero-order valence-electron chi connectivity index (χ0n) is 10.9. The number of benzene rings is 2. The van der Waals surface area contributed by atoms with Crippen LogP contribution >= 0.6 is 0 Å². The van der Waals surface area contributed by atoms with E-state index in [1.54, 1.807) is 19.2 Å². The molecule has 0 aromatic heterocycles. The molecule has 100 valence electrons. The smallest absolute Gasteiger partial charge is 0.123 e. The normalized spacial score (nSPS) is 10.8. The first-order chi connectivity index (χ1) is 9.72. The fourth-order valence-electron chi connectivity index (χ4n) is 1.72.